The van der Waals surface area contributed by atoms with E-state index in [-0.39, 0.29) is 24.0 Å². The minimum absolute atomic E-state index is 0. The third-order valence-electron chi connectivity index (χ3n) is 2.61. The van der Waals surface area contributed by atoms with Crippen molar-refractivity contribution in [3.63, 3.8) is 0 Å². The molecule has 0 aliphatic carbocycles. The summed E-state index contributed by atoms with van der Waals surface area (Å²) in [7, 11) is -3.29. The van der Waals surface area contributed by atoms with Crippen molar-refractivity contribution in [1.82, 2.24) is 5.32 Å². The van der Waals surface area contributed by atoms with E-state index >= 15 is 0 Å². The van der Waals surface area contributed by atoms with Gasteiger partial charge in [-0.05, 0) is 18.6 Å². The van der Waals surface area contributed by atoms with Gasteiger partial charge in [0.25, 0.3) is 0 Å². The Labute approximate surface area is 155 Å². The number of nitrogens with zero attached hydrogens (tertiary/aromatic N) is 1. The molecular weight excluding hydrogens is 431 g/mol. The van der Waals surface area contributed by atoms with Crippen LogP contribution in [0, 0.1) is 0 Å². The second-order valence-corrected chi connectivity index (χ2v) is 6.55. The zero-order valence-corrected chi connectivity index (χ0v) is 16.6. The van der Waals surface area contributed by atoms with Crippen molar-refractivity contribution in [1.29, 1.82) is 0 Å². The molecule has 0 aliphatic rings. The van der Waals surface area contributed by atoms with Crippen LogP contribution in [-0.2, 0) is 10.0 Å². The Morgan fingerprint density at radius 2 is 2.13 bits per heavy atom. The van der Waals surface area contributed by atoms with Crippen LogP contribution in [0.5, 0.6) is 5.75 Å². The summed E-state index contributed by atoms with van der Waals surface area (Å²) in [4.78, 5) is 4.16. The molecule has 4 N–H and O–H groups in total. The fraction of sp³-hybridized carbons (Fsp3) is 0.500. The maximum atomic E-state index is 11.2. The van der Waals surface area contributed by atoms with Gasteiger partial charge in [-0.3, -0.25) is 9.71 Å². The van der Waals surface area contributed by atoms with Crippen LogP contribution in [0.1, 0.15) is 19.8 Å². The number of aliphatic imine (C=N–C) groups is 1. The standard InChI is InChI=1S/C14H24N4O3S.HI/c1-3-4-8-16-14(15)17-9-10-21-13-7-5-6-12(11-13)18-22(2,19)20;/h5-7,11,18H,3-4,8-10H2,1-2H3,(H3,15,16,17);1H. The van der Waals surface area contributed by atoms with Gasteiger partial charge in [0.05, 0.1) is 18.5 Å². The highest BCUT2D eigenvalue weighted by molar-refractivity contribution is 14.0. The van der Waals surface area contributed by atoms with Gasteiger partial charge in [0, 0.05) is 12.6 Å². The minimum atomic E-state index is -3.29. The summed E-state index contributed by atoms with van der Waals surface area (Å²) in [5.41, 5.74) is 6.16. The number of guanidine groups is 1. The van der Waals surface area contributed by atoms with Crippen molar-refractivity contribution >= 4 is 45.6 Å². The van der Waals surface area contributed by atoms with E-state index in [1.54, 1.807) is 24.3 Å². The second-order valence-electron chi connectivity index (χ2n) is 4.80. The normalized spacial score (nSPS) is 11.5. The van der Waals surface area contributed by atoms with Gasteiger partial charge in [0.1, 0.15) is 12.4 Å². The van der Waals surface area contributed by atoms with E-state index in [1.165, 1.54) is 0 Å². The highest BCUT2D eigenvalue weighted by Gasteiger charge is 2.03. The van der Waals surface area contributed by atoms with Gasteiger partial charge in [0.15, 0.2) is 5.96 Å². The summed E-state index contributed by atoms with van der Waals surface area (Å²) in [6, 6.07) is 6.76. The van der Waals surface area contributed by atoms with Crippen LogP contribution in [0.25, 0.3) is 0 Å². The molecule has 0 aromatic heterocycles. The number of sulfonamides is 1. The summed E-state index contributed by atoms with van der Waals surface area (Å²) in [5.74, 6) is 0.987. The highest BCUT2D eigenvalue weighted by Crippen LogP contribution is 2.17. The first-order valence-corrected chi connectivity index (χ1v) is 9.04. The third-order valence-corrected chi connectivity index (χ3v) is 3.21. The molecule has 0 amide bonds. The fourth-order valence-electron chi connectivity index (χ4n) is 1.62. The summed E-state index contributed by atoms with van der Waals surface area (Å²) in [6.07, 6.45) is 3.20. The number of anilines is 1. The summed E-state index contributed by atoms with van der Waals surface area (Å²) >= 11 is 0. The lowest BCUT2D eigenvalue weighted by Crippen LogP contribution is -2.34. The molecule has 9 heteroatoms. The maximum Gasteiger partial charge on any atom is 0.229 e. The number of benzene rings is 1. The minimum Gasteiger partial charge on any atom is -0.492 e. The predicted molar refractivity (Wildman–Crippen MR) is 105 cm³/mol. The van der Waals surface area contributed by atoms with E-state index in [2.05, 4.69) is 22.0 Å². The average Bonchev–Trinajstić information content (AvgIpc) is 2.42. The Morgan fingerprint density at radius 3 is 2.78 bits per heavy atom. The van der Waals surface area contributed by atoms with Gasteiger partial charge in [0.2, 0.25) is 10.0 Å². The van der Waals surface area contributed by atoms with Crippen LogP contribution >= 0.6 is 24.0 Å². The van der Waals surface area contributed by atoms with Crippen LogP contribution in [0.3, 0.4) is 0 Å². The van der Waals surface area contributed by atoms with E-state index in [4.69, 9.17) is 10.5 Å². The van der Waals surface area contributed by atoms with Crippen molar-refractivity contribution in [3.05, 3.63) is 24.3 Å². The topological polar surface area (TPSA) is 106 Å². The summed E-state index contributed by atoms with van der Waals surface area (Å²) in [5, 5.41) is 2.96. The molecule has 7 nitrogen and oxygen atoms in total. The zero-order valence-electron chi connectivity index (χ0n) is 13.4. The second kappa shape index (κ2) is 11.3. The monoisotopic (exact) mass is 456 g/mol. The van der Waals surface area contributed by atoms with Crippen molar-refractivity contribution in [2.45, 2.75) is 19.8 Å². The number of halogens is 1. The first-order chi connectivity index (χ1) is 10.4. The van der Waals surface area contributed by atoms with Crippen molar-refractivity contribution in [2.75, 3.05) is 30.7 Å². The van der Waals surface area contributed by atoms with Crippen molar-refractivity contribution < 1.29 is 13.2 Å². The lowest BCUT2D eigenvalue weighted by molar-refractivity contribution is 0.322. The molecule has 0 heterocycles. The Bertz CT molecular complexity index is 593. The number of ether oxygens (including phenoxy) is 1. The molecule has 23 heavy (non-hydrogen) atoms. The van der Waals surface area contributed by atoms with Crippen LogP contribution in [-0.4, -0.2) is 40.3 Å². The average molecular weight is 456 g/mol. The molecule has 0 saturated heterocycles. The van der Waals surface area contributed by atoms with Gasteiger partial charge in [-0.15, -0.1) is 24.0 Å². The van der Waals surface area contributed by atoms with Crippen LogP contribution in [0.2, 0.25) is 0 Å². The fourth-order valence-corrected chi connectivity index (χ4v) is 2.18. The van der Waals surface area contributed by atoms with E-state index in [1.807, 2.05) is 0 Å². The number of hydrogen-bond donors (Lipinski definition) is 3. The molecule has 132 valence electrons. The quantitative estimate of drug-likeness (QED) is 0.227. The number of nitrogens with one attached hydrogen (secondary N) is 2. The first kappa shape index (κ1) is 21.8. The Hall–Kier alpha value is -1.23. The van der Waals surface area contributed by atoms with Crippen LogP contribution in [0.15, 0.2) is 29.3 Å². The van der Waals surface area contributed by atoms with Crippen molar-refractivity contribution in [3.8, 4) is 5.75 Å². The largest absolute Gasteiger partial charge is 0.492 e. The van der Waals surface area contributed by atoms with Crippen LogP contribution in [0.4, 0.5) is 5.69 Å². The zero-order chi connectivity index (χ0) is 16.4. The molecule has 1 aromatic rings. The van der Waals surface area contributed by atoms with E-state index in [9.17, 15) is 8.42 Å². The molecule has 0 saturated carbocycles. The van der Waals surface area contributed by atoms with E-state index in [0.717, 1.165) is 25.6 Å². The van der Waals surface area contributed by atoms with Crippen LogP contribution < -0.4 is 20.5 Å². The van der Waals surface area contributed by atoms with Gasteiger partial charge in [-0.1, -0.05) is 19.4 Å². The molecule has 0 radical (unpaired) electrons. The SMILES string of the molecule is CCCCN=C(N)NCCOc1cccc(NS(C)(=O)=O)c1.I. The third kappa shape index (κ3) is 11.0. The molecular formula is C14H25IN4O3S. The number of nitrogens with two attached hydrogens (primary N) is 1. The maximum absolute atomic E-state index is 11.2. The predicted octanol–water partition coefficient (Wildman–Crippen LogP) is 1.76. The highest BCUT2D eigenvalue weighted by atomic mass is 127. The smallest absolute Gasteiger partial charge is 0.229 e. The first-order valence-electron chi connectivity index (χ1n) is 7.15. The molecule has 0 fully saturated rings. The molecule has 0 aliphatic heterocycles. The van der Waals surface area contributed by atoms with Gasteiger partial charge >= 0.3 is 0 Å². The number of rotatable bonds is 9. The lowest BCUT2D eigenvalue weighted by atomic mass is 10.3. The number of hydrogen-bond acceptors (Lipinski definition) is 4. The summed E-state index contributed by atoms with van der Waals surface area (Å²) in [6.45, 7) is 3.73. The Balaban J connectivity index is 0.00000484. The van der Waals surface area contributed by atoms with Gasteiger partial charge < -0.3 is 15.8 Å². The molecule has 0 spiro atoms. The molecule has 1 aromatic carbocycles. The Kier molecular flexibility index (Phi) is 10.7. The summed E-state index contributed by atoms with van der Waals surface area (Å²) < 4.78 is 30.3. The van der Waals surface area contributed by atoms with E-state index < -0.39 is 10.0 Å². The molecule has 0 atom stereocenters. The lowest BCUT2D eigenvalue weighted by Gasteiger charge is -2.10. The molecule has 0 unspecified atom stereocenters. The molecule has 0 bridgehead atoms. The van der Waals surface area contributed by atoms with Crippen molar-refractivity contribution in [2.24, 2.45) is 10.7 Å². The van der Waals surface area contributed by atoms with E-state index in [0.29, 0.717) is 30.5 Å². The van der Waals surface area contributed by atoms with Gasteiger partial charge in [-0.2, -0.15) is 0 Å². The number of unbranched alkanes of at least 4 members (excludes halogenated alkanes) is 1. The Morgan fingerprint density at radius 1 is 1.39 bits per heavy atom. The molecule has 1 rings (SSSR count). The van der Waals surface area contributed by atoms with Gasteiger partial charge in [-0.25, -0.2) is 8.42 Å².